The zero-order valence-corrected chi connectivity index (χ0v) is 12.9. The second-order valence-electron chi connectivity index (χ2n) is 4.46. The van der Waals surface area contributed by atoms with Gasteiger partial charge in [0, 0.05) is 17.3 Å². The van der Waals surface area contributed by atoms with Crippen LogP contribution in [0.5, 0.6) is 0 Å². The van der Waals surface area contributed by atoms with Crippen LogP contribution in [0.1, 0.15) is 12.5 Å². The number of fused-ring (bicyclic) bond motifs is 1. The lowest BCUT2D eigenvalue weighted by Crippen LogP contribution is -2.07. The summed E-state index contributed by atoms with van der Waals surface area (Å²) in [5.41, 5.74) is 1.91. The van der Waals surface area contributed by atoms with Gasteiger partial charge in [-0.1, -0.05) is 35.5 Å². The number of rotatable bonds is 4. The first kappa shape index (κ1) is 14.2. The van der Waals surface area contributed by atoms with Crippen LogP contribution < -0.4 is 5.56 Å². The molecule has 0 amide bonds. The molecular formula is C14H13ClN4OS. The van der Waals surface area contributed by atoms with Gasteiger partial charge in [0.05, 0.1) is 6.33 Å². The lowest BCUT2D eigenvalue weighted by molar-refractivity contribution is 0.695. The first-order chi connectivity index (χ1) is 10.2. The Morgan fingerprint density at radius 2 is 2.29 bits per heavy atom. The number of benzene rings is 1. The molecule has 0 bridgehead atoms. The van der Waals surface area contributed by atoms with E-state index >= 15 is 0 Å². The molecule has 0 aliphatic carbocycles. The van der Waals surface area contributed by atoms with Crippen LogP contribution in [0.25, 0.3) is 11.2 Å². The van der Waals surface area contributed by atoms with Crippen molar-refractivity contribution in [2.45, 2.75) is 24.4 Å². The maximum Gasteiger partial charge on any atom is 0.278 e. The molecule has 3 aromatic rings. The van der Waals surface area contributed by atoms with Gasteiger partial charge in [-0.3, -0.25) is 4.79 Å². The van der Waals surface area contributed by atoms with Crippen molar-refractivity contribution in [2.75, 3.05) is 0 Å². The molecule has 1 aromatic carbocycles. The molecule has 0 radical (unpaired) electrons. The Hall–Kier alpha value is -1.79. The molecule has 7 heteroatoms. The standard InChI is InChI=1S/C14H13ClN4OS/c1-2-19-12-11(13(20)17-8-16-12)18-14(19)21-7-9-4-3-5-10(15)6-9/h3-6,8H,2,7H2,1H3,(H,16,17,20). The highest BCUT2D eigenvalue weighted by Gasteiger charge is 2.13. The molecule has 0 saturated heterocycles. The van der Waals surface area contributed by atoms with Crippen molar-refractivity contribution in [2.24, 2.45) is 0 Å². The highest BCUT2D eigenvalue weighted by atomic mass is 35.5. The van der Waals surface area contributed by atoms with Crippen molar-refractivity contribution in [3.8, 4) is 0 Å². The van der Waals surface area contributed by atoms with Crippen LogP contribution in [0.4, 0.5) is 0 Å². The molecule has 0 spiro atoms. The van der Waals surface area contributed by atoms with Gasteiger partial charge in [0.15, 0.2) is 16.3 Å². The number of thioether (sulfide) groups is 1. The summed E-state index contributed by atoms with van der Waals surface area (Å²) in [6, 6.07) is 7.72. The van der Waals surface area contributed by atoms with E-state index in [0.717, 1.165) is 21.5 Å². The highest BCUT2D eigenvalue weighted by Crippen LogP contribution is 2.25. The molecule has 2 aromatic heterocycles. The molecule has 0 fully saturated rings. The minimum absolute atomic E-state index is 0.211. The summed E-state index contributed by atoms with van der Waals surface area (Å²) >= 11 is 7.55. The number of hydrogen-bond acceptors (Lipinski definition) is 4. The van der Waals surface area contributed by atoms with Crippen molar-refractivity contribution < 1.29 is 0 Å². The van der Waals surface area contributed by atoms with Crippen molar-refractivity contribution >= 4 is 34.5 Å². The monoisotopic (exact) mass is 320 g/mol. The van der Waals surface area contributed by atoms with Gasteiger partial charge >= 0.3 is 0 Å². The fourth-order valence-corrected chi connectivity index (χ4v) is 3.31. The third kappa shape index (κ3) is 2.82. The van der Waals surface area contributed by atoms with E-state index in [-0.39, 0.29) is 5.56 Å². The maximum atomic E-state index is 11.8. The predicted octanol–water partition coefficient (Wildman–Crippen LogP) is 3.09. The average molecular weight is 321 g/mol. The Bertz CT molecular complexity index is 842. The largest absolute Gasteiger partial charge is 0.311 e. The van der Waals surface area contributed by atoms with Gasteiger partial charge in [-0.25, -0.2) is 9.97 Å². The van der Waals surface area contributed by atoms with E-state index in [0.29, 0.717) is 17.7 Å². The Kier molecular flexibility index (Phi) is 3.98. The third-order valence-corrected chi connectivity index (χ3v) is 4.36. The molecular weight excluding hydrogens is 308 g/mol. The number of nitrogens with zero attached hydrogens (tertiary/aromatic N) is 3. The van der Waals surface area contributed by atoms with E-state index < -0.39 is 0 Å². The molecule has 1 N–H and O–H groups in total. The Labute approximate surface area is 130 Å². The number of aromatic amines is 1. The van der Waals surface area contributed by atoms with Crippen molar-refractivity contribution in [1.29, 1.82) is 0 Å². The van der Waals surface area contributed by atoms with E-state index in [4.69, 9.17) is 11.6 Å². The van der Waals surface area contributed by atoms with Crippen LogP contribution in [-0.4, -0.2) is 19.5 Å². The second-order valence-corrected chi connectivity index (χ2v) is 5.84. The SMILES string of the molecule is CCn1c(SCc2cccc(Cl)c2)nc2c(=O)[nH]cnc21. The van der Waals surface area contributed by atoms with Crippen molar-refractivity contribution in [3.05, 3.63) is 51.5 Å². The fraction of sp³-hybridized carbons (Fsp3) is 0.214. The zero-order valence-electron chi connectivity index (χ0n) is 11.3. The Morgan fingerprint density at radius 1 is 1.43 bits per heavy atom. The summed E-state index contributed by atoms with van der Waals surface area (Å²) in [6.45, 7) is 2.72. The summed E-state index contributed by atoms with van der Waals surface area (Å²) in [7, 11) is 0. The normalized spacial score (nSPS) is 11.1. The van der Waals surface area contributed by atoms with Gasteiger partial charge in [-0.2, -0.15) is 0 Å². The van der Waals surface area contributed by atoms with E-state index in [9.17, 15) is 4.79 Å². The quantitative estimate of drug-likeness (QED) is 0.750. The first-order valence-electron chi connectivity index (χ1n) is 6.50. The van der Waals surface area contributed by atoms with Gasteiger partial charge < -0.3 is 9.55 Å². The van der Waals surface area contributed by atoms with Gasteiger partial charge in [0.1, 0.15) is 0 Å². The van der Waals surface area contributed by atoms with E-state index in [2.05, 4.69) is 15.0 Å². The lowest BCUT2D eigenvalue weighted by atomic mass is 10.2. The second kappa shape index (κ2) is 5.91. The third-order valence-electron chi connectivity index (χ3n) is 3.08. The Balaban J connectivity index is 1.93. The molecule has 0 aliphatic heterocycles. The van der Waals surface area contributed by atoms with E-state index in [1.807, 2.05) is 35.8 Å². The van der Waals surface area contributed by atoms with Crippen LogP contribution in [0.3, 0.4) is 0 Å². The predicted molar refractivity (Wildman–Crippen MR) is 84.8 cm³/mol. The number of H-pyrrole nitrogens is 1. The van der Waals surface area contributed by atoms with Crippen LogP contribution >= 0.6 is 23.4 Å². The summed E-state index contributed by atoms with van der Waals surface area (Å²) in [4.78, 5) is 23.0. The molecule has 108 valence electrons. The van der Waals surface area contributed by atoms with Gasteiger partial charge in [0.25, 0.3) is 5.56 Å². The Morgan fingerprint density at radius 3 is 3.05 bits per heavy atom. The molecule has 0 saturated carbocycles. The molecule has 2 heterocycles. The highest BCUT2D eigenvalue weighted by molar-refractivity contribution is 7.98. The number of nitrogens with one attached hydrogen (secondary N) is 1. The van der Waals surface area contributed by atoms with Crippen LogP contribution in [0.2, 0.25) is 5.02 Å². The zero-order chi connectivity index (χ0) is 14.8. The molecule has 21 heavy (non-hydrogen) atoms. The van der Waals surface area contributed by atoms with Crippen LogP contribution in [-0.2, 0) is 12.3 Å². The van der Waals surface area contributed by atoms with Gasteiger partial charge in [0.2, 0.25) is 0 Å². The van der Waals surface area contributed by atoms with E-state index in [1.165, 1.54) is 6.33 Å². The first-order valence-corrected chi connectivity index (χ1v) is 7.86. The molecule has 5 nitrogen and oxygen atoms in total. The number of imidazole rings is 1. The van der Waals surface area contributed by atoms with Gasteiger partial charge in [-0.05, 0) is 24.6 Å². The van der Waals surface area contributed by atoms with Crippen molar-refractivity contribution in [3.63, 3.8) is 0 Å². The topological polar surface area (TPSA) is 63.6 Å². The molecule has 3 rings (SSSR count). The number of aryl methyl sites for hydroxylation is 1. The van der Waals surface area contributed by atoms with E-state index in [1.54, 1.807) is 11.8 Å². The number of hydrogen-bond donors (Lipinski definition) is 1. The summed E-state index contributed by atoms with van der Waals surface area (Å²) < 4.78 is 1.94. The molecule has 0 atom stereocenters. The lowest BCUT2D eigenvalue weighted by Gasteiger charge is -2.05. The summed E-state index contributed by atoms with van der Waals surface area (Å²) in [5.74, 6) is 0.738. The average Bonchev–Trinajstić information content (AvgIpc) is 2.84. The summed E-state index contributed by atoms with van der Waals surface area (Å²) in [6.07, 6.45) is 1.41. The fourth-order valence-electron chi connectivity index (χ4n) is 2.10. The number of aromatic nitrogens is 4. The van der Waals surface area contributed by atoms with Crippen LogP contribution in [0, 0.1) is 0 Å². The van der Waals surface area contributed by atoms with Crippen molar-refractivity contribution in [1.82, 2.24) is 19.5 Å². The molecule has 0 aliphatic rings. The molecule has 0 unspecified atom stereocenters. The van der Waals surface area contributed by atoms with Gasteiger partial charge in [-0.15, -0.1) is 0 Å². The van der Waals surface area contributed by atoms with Crippen LogP contribution in [0.15, 0.2) is 40.5 Å². The maximum absolute atomic E-state index is 11.8. The smallest absolute Gasteiger partial charge is 0.278 e. The summed E-state index contributed by atoms with van der Waals surface area (Å²) in [5, 5.41) is 1.51. The minimum atomic E-state index is -0.211. The minimum Gasteiger partial charge on any atom is -0.311 e. The number of halogens is 1.